The summed E-state index contributed by atoms with van der Waals surface area (Å²) in [5.74, 6) is -2.54. The Hall–Kier alpha value is -5.97. The summed E-state index contributed by atoms with van der Waals surface area (Å²) in [5, 5.41) is 11.0. The highest BCUT2D eigenvalue weighted by molar-refractivity contribution is 6.00. The van der Waals surface area contributed by atoms with Gasteiger partial charge in [0.05, 0.1) is 12.8 Å². The number of hydrogen-bond donors (Lipinski definition) is 4. The molecule has 4 amide bonds. The summed E-state index contributed by atoms with van der Waals surface area (Å²) >= 11 is 0. The summed E-state index contributed by atoms with van der Waals surface area (Å²) in [6.07, 6.45) is -0.218. The van der Waals surface area contributed by atoms with Crippen molar-refractivity contribution in [2.24, 2.45) is 5.92 Å². The fourth-order valence-corrected chi connectivity index (χ4v) is 5.10. The van der Waals surface area contributed by atoms with E-state index in [1.807, 2.05) is 69.3 Å². The van der Waals surface area contributed by atoms with Gasteiger partial charge in [0.2, 0.25) is 11.8 Å². The van der Waals surface area contributed by atoms with Crippen LogP contribution in [0.1, 0.15) is 48.9 Å². The zero-order chi connectivity index (χ0) is 36.6. The highest BCUT2D eigenvalue weighted by Gasteiger charge is 2.30. The third kappa shape index (κ3) is 13.1. The standard InChI is InChI=1S/C40H44N4O7/c1-27(2)22-34(42-36(45)23-29-18-20-32(21-19-29)41-40(49)44-33-17-11-10-12-28(33)3)38(47)43-35(39(48)51-26-31-15-8-5-9-16-31)24-37(46)50-25-30-13-6-4-7-14-30/h4-21,27,34-35H,22-26H2,1-3H3,(H,42,45)(H,43,47)(H2,41,44,49)/t34-,35-/m0/s1. The smallest absolute Gasteiger partial charge is 0.329 e. The van der Waals surface area contributed by atoms with Gasteiger partial charge in [0.15, 0.2) is 0 Å². The number of ether oxygens (including phenoxy) is 2. The van der Waals surface area contributed by atoms with Gasteiger partial charge < -0.3 is 30.7 Å². The molecule has 0 radical (unpaired) electrons. The number of amides is 4. The Kier molecular flexibility index (Phi) is 14.3. The van der Waals surface area contributed by atoms with Gasteiger partial charge in [-0.05, 0) is 59.7 Å². The SMILES string of the molecule is Cc1ccccc1NC(=O)Nc1ccc(CC(=O)N[C@@H](CC(C)C)C(=O)N[C@@H](CC(=O)OCc2ccccc2)C(=O)OCc2ccccc2)cc1. The van der Waals surface area contributed by atoms with Gasteiger partial charge in [-0.2, -0.15) is 0 Å². The largest absolute Gasteiger partial charge is 0.461 e. The molecule has 0 saturated heterocycles. The summed E-state index contributed by atoms with van der Waals surface area (Å²) in [6.45, 7) is 5.65. The number of carbonyl (C=O) groups excluding carboxylic acids is 5. The molecule has 4 rings (SSSR count). The number of benzene rings is 4. The van der Waals surface area contributed by atoms with Crippen LogP contribution in [0.3, 0.4) is 0 Å². The lowest BCUT2D eigenvalue weighted by molar-refractivity contribution is -0.155. The molecule has 11 heteroatoms. The van der Waals surface area contributed by atoms with Crippen LogP contribution >= 0.6 is 0 Å². The third-order valence-electron chi connectivity index (χ3n) is 7.77. The Morgan fingerprint density at radius 3 is 1.82 bits per heavy atom. The van der Waals surface area contributed by atoms with E-state index in [9.17, 15) is 24.0 Å². The van der Waals surface area contributed by atoms with Crippen molar-refractivity contribution in [2.45, 2.75) is 65.3 Å². The van der Waals surface area contributed by atoms with E-state index in [-0.39, 0.29) is 32.0 Å². The highest BCUT2D eigenvalue weighted by atomic mass is 16.5. The molecule has 0 heterocycles. The minimum Gasteiger partial charge on any atom is -0.461 e. The number of aryl methyl sites for hydroxylation is 1. The monoisotopic (exact) mass is 692 g/mol. The Balaban J connectivity index is 1.36. The number of para-hydroxylation sites is 1. The van der Waals surface area contributed by atoms with Crippen LogP contribution in [0.25, 0.3) is 0 Å². The number of hydrogen-bond acceptors (Lipinski definition) is 7. The van der Waals surface area contributed by atoms with E-state index in [1.165, 1.54) is 0 Å². The van der Waals surface area contributed by atoms with E-state index in [2.05, 4.69) is 21.3 Å². The number of esters is 2. The van der Waals surface area contributed by atoms with Crippen molar-refractivity contribution in [3.05, 3.63) is 131 Å². The Morgan fingerprint density at radius 1 is 0.627 bits per heavy atom. The Labute approximate surface area is 298 Å². The lowest BCUT2D eigenvalue weighted by atomic mass is 10.0. The second-order valence-corrected chi connectivity index (χ2v) is 12.5. The van der Waals surface area contributed by atoms with Crippen molar-refractivity contribution >= 4 is 41.2 Å². The summed E-state index contributed by atoms with van der Waals surface area (Å²) in [6, 6.07) is 29.6. The van der Waals surface area contributed by atoms with Crippen LogP contribution < -0.4 is 21.3 Å². The van der Waals surface area contributed by atoms with Crippen molar-refractivity contribution in [1.29, 1.82) is 0 Å². The van der Waals surface area contributed by atoms with Crippen LogP contribution in [-0.4, -0.2) is 41.9 Å². The van der Waals surface area contributed by atoms with Crippen molar-refractivity contribution in [3.8, 4) is 0 Å². The van der Waals surface area contributed by atoms with Gasteiger partial charge >= 0.3 is 18.0 Å². The van der Waals surface area contributed by atoms with E-state index >= 15 is 0 Å². The maximum atomic E-state index is 13.6. The first-order chi connectivity index (χ1) is 24.5. The minimum absolute atomic E-state index is 0.00303. The van der Waals surface area contributed by atoms with E-state index in [4.69, 9.17) is 9.47 Å². The predicted octanol–water partition coefficient (Wildman–Crippen LogP) is 6.07. The molecule has 0 aromatic heterocycles. The highest BCUT2D eigenvalue weighted by Crippen LogP contribution is 2.16. The zero-order valence-corrected chi connectivity index (χ0v) is 29.0. The van der Waals surface area contributed by atoms with Crippen molar-refractivity contribution < 1.29 is 33.4 Å². The molecule has 0 fully saturated rings. The number of rotatable bonds is 16. The normalized spacial score (nSPS) is 11.8. The lowest BCUT2D eigenvalue weighted by Crippen LogP contribution is -2.53. The fourth-order valence-electron chi connectivity index (χ4n) is 5.10. The lowest BCUT2D eigenvalue weighted by Gasteiger charge is -2.23. The van der Waals surface area contributed by atoms with Gasteiger partial charge in [-0.15, -0.1) is 0 Å². The number of nitrogens with one attached hydrogen (secondary N) is 4. The van der Waals surface area contributed by atoms with Crippen LogP contribution in [0.4, 0.5) is 16.2 Å². The van der Waals surface area contributed by atoms with Gasteiger partial charge in [-0.1, -0.05) is 105 Å². The molecule has 0 aliphatic rings. The molecule has 266 valence electrons. The van der Waals surface area contributed by atoms with Crippen molar-refractivity contribution in [1.82, 2.24) is 10.6 Å². The molecule has 0 aliphatic heterocycles. The average Bonchev–Trinajstić information content (AvgIpc) is 3.11. The maximum Gasteiger partial charge on any atom is 0.329 e. The first-order valence-electron chi connectivity index (χ1n) is 16.8. The van der Waals surface area contributed by atoms with Gasteiger partial charge in [0.1, 0.15) is 25.3 Å². The van der Waals surface area contributed by atoms with E-state index in [0.29, 0.717) is 16.9 Å². The van der Waals surface area contributed by atoms with E-state index in [0.717, 1.165) is 16.7 Å². The van der Waals surface area contributed by atoms with Gasteiger partial charge in [-0.3, -0.25) is 14.4 Å². The summed E-state index contributed by atoms with van der Waals surface area (Å²) in [7, 11) is 0. The van der Waals surface area contributed by atoms with Crippen LogP contribution in [0.15, 0.2) is 109 Å². The van der Waals surface area contributed by atoms with Gasteiger partial charge in [0, 0.05) is 11.4 Å². The second-order valence-electron chi connectivity index (χ2n) is 12.5. The first kappa shape index (κ1) is 37.8. The average molecular weight is 693 g/mol. The molecule has 11 nitrogen and oxygen atoms in total. The molecule has 0 spiro atoms. The van der Waals surface area contributed by atoms with Gasteiger partial charge in [0.25, 0.3) is 0 Å². The van der Waals surface area contributed by atoms with Crippen LogP contribution in [0.5, 0.6) is 0 Å². The maximum absolute atomic E-state index is 13.6. The van der Waals surface area contributed by atoms with E-state index in [1.54, 1.807) is 60.7 Å². The molecule has 0 unspecified atom stereocenters. The number of urea groups is 1. The number of anilines is 2. The van der Waals surface area contributed by atoms with Crippen molar-refractivity contribution in [3.63, 3.8) is 0 Å². The van der Waals surface area contributed by atoms with Crippen molar-refractivity contribution in [2.75, 3.05) is 10.6 Å². The van der Waals surface area contributed by atoms with E-state index < -0.39 is 48.3 Å². The molecule has 4 aromatic carbocycles. The summed E-state index contributed by atoms with van der Waals surface area (Å²) in [4.78, 5) is 65.2. The molecular weight excluding hydrogens is 648 g/mol. The third-order valence-corrected chi connectivity index (χ3v) is 7.77. The molecule has 2 atom stereocenters. The topological polar surface area (TPSA) is 152 Å². The zero-order valence-electron chi connectivity index (χ0n) is 29.0. The molecule has 51 heavy (non-hydrogen) atoms. The van der Waals surface area contributed by atoms with Crippen LogP contribution in [0, 0.1) is 12.8 Å². The molecule has 4 N–H and O–H groups in total. The quantitative estimate of drug-likeness (QED) is 0.104. The Bertz CT molecular complexity index is 1760. The molecule has 0 aliphatic carbocycles. The van der Waals surface area contributed by atoms with Crippen LogP contribution in [-0.2, 0) is 48.3 Å². The van der Waals surface area contributed by atoms with Crippen LogP contribution in [0.2, 0.25) is 0 Å². The fraction of sp³-hybridized carbons (Fsp3) is 0.275. The minimum atomic E-state index is -1.35. The van der Waals surface area contributed by atoms with Gasteiger partial charge in [-0.25, -0.2) is 9.59 Å². The second kappa shape index (κ2) is 19.3. The summed E-state index contributed by atoms with van der Waals surface area (Å²) < 4.78 is 10.8. The first-order valence-corrected chi connectivity index (χ1v) is 16.8. The summed E-state index contributed by atoms with van der Waals surface area (Å²) in [5.41, 5.74) is 4.33. The molecule has 0 bridgehead atoms. The molecule has 4 aromatic rings. The predicted molar refractivity (Wildman–Crippen MR) is 194 cm³/mol. The number of carbonyl (C=O) groups is 5. The Morgan fingerprint density at radius 2 is 1.22 bits per heavy atom. The molecule has 0 saturated carbocycles. The molecular formula is C40H44N4O7.